The third kappa shape index (κ3) is 2.11. The van der Waals surface area contributed by atoms with Gasteiger partial charge in [0.1, 0.15) is 0 Å². The molecule has 0 saturated carbocycles. The average molecular weight is 199 g/mol. The van der Waals surface area contributed by atoms with Gasteiger partial charge < -0.3 is 5.73 Å². The number of rotatable bonds is 0. The van der Waals surface area contributed by atoms with Crippen LogP contribution >= 0.6 is 0 Å². The van der Waals surface area contributed by atoms with Crippen LogP contribution in [0.1, 0.15) is 0 Å². The Kier molecular flexibility index (Phi) is 3.51. The second kappa shape index (κ2) is 3.66. The van der Waals surface area contributed by atoms with E-state index < -0.39 is 0 Å². The number of nitrogens with one attached hydrogen (secondary N) is 1. The molecule has 1 aromatic carbocycles. The molecule has 0 radical (unpaired) electrons. The maximum Gasteiger partial charge on any atom is 0 e. The maximum atomic E-state index is 7.00. The SMILES string of the molecule is [NH-]c1ccccc1.[Pd]. The zero-order valence-corrected chi connectivity index (χ0v) is 5.76. The van der Waals surface area contributed by atoms with Gasteiger partial charge in [0.15, 0.2) is 0 Å². The maximum absolute atomic E-state index is 7.00. The normalized spacial score (nSPS) is 7.50. The van der Waals surface area contributed by atoms with Gasteiger partial charge in [0, 0.05) is 20.4 Å². The van der Waals surface area contributed by atoms with Crippen LogP contribution in [0.15, 0.2) is 30.3 Å². The van der Waals surface area contributed by atoms with Crippen molar-refractivity contribution < 1.29 is 20.4 Å². The summed E-state index contributed by atoms with van der Waals surface area (Å²) in [7, 11) is 0. The third-order valence-corrected chi connectivity index (χ3v) is 0.774. The molecule has 1 N–H and O–H groups in total. The molecule has 0 saturated heterocycles. The van der Waals surface area contributed by atoms with Crippen LogP contribution in [-0.2, 0) is 20.4 Å². The Morgan fingerprint density at radius 3 is 1.75 bits per heavy atom. The average Bonchev–Trinajstić information content (AvgIpc) is 1.69. The Labute approximate surface area is 62.6 Å². The van der Waals surface area contributed by atoms with Gasteiger partial charge >= 0.3 is 0 Å². The smallest absolute Gasteiger partial charge is 0 e. The minimum absolute atomic E-state index is 0. The molecule has 0 atom stereocenters. The van der Waals surface area contributed by atoms with Crippen LogP contribution in [0.2, 0.25) is 0 Å². The van der Waals surface area contributed by atoms with Crippen LogP contribution in [0, 0.1) is 0 Å². The fourth-order valence-corrected chi connectivity index (χ4v) is 0.438. The molecule has 0 unspecified atom stereocenters. The molecule has 0 amide bonds. The standard InChI is InChI=1S/C6H6N.Pd/c7-6-4-2-1-3-5-6;/h1-5,7H;/q-1;. The van der Waals surface area contributed by atoms with Gasteiger partial charge in [-0.25, -0.2) is 0 Å². The van der Waals surface area contributed by atoms with Crippen LogP contribution in [0.4, 0.5) is 5.69 Å². The summed E-state index contributed by atoms with van der Waals surface area (Å²) in [5, 5.41) is 0. The van der Waals surface area contributed by atoms with Gasteiger partial charge in [-0.15, -0.1) is 5.69 Å². The van der Waals surface area contributed by atoms with Crippen molar-refractivity contribution in [3.63, 3.8) is 0 Å². The second-order valence-corrected chi connectivity index (χ2v) is 1.37. The van der Waals surface area contributed by atoms with E-state index in [1.807, 2.05) is 18.2 Å². The van der Waals surface area contributed by atoms with E-state index in [9.17, 15) is 0 Å². The van der Waals surface area contributed by atoms with Crippen molar-refractivity contribution in [3.8, 4) is 0 Å². The molecule has 1 aromatic rings. The van der Waals surface area contributed by atoms with Crippen molar-refractivity contribution in [2.45, 2.75) is 0 Å². The Hall–Kier alpha value is -0.318. The quantitative estimate of drug-likeness (QED) is 0.572. The molecular weight excluding hydrogens is 192 g/mol. The number of hydrogen-bond donors (Lipinski definition) is 0. The molecular formula is C6H6NPd-. The van der Waals surface area contributed by atoms with Crippen molar-refractivity contribution in [2.75, 3.05) is 0 Å². The molecule has 0 bridgehead atoms. The minimum atomic E-state index is 0. The molecule has 1 nitrogen and oxygen atoms in total. The summed E-state index contributed by atoms with van der Waals surface area (Å²) in [4.78, 5) is 0. The van der Waals surface area contributed by atoms with Crippen LogP contribution in [0.5, 0.6) is 0 Å². The molecule has 0 aliphatic rings. The topological polar surface area (TPSA) is 23.8 Å². The van der Waals surface area contributed by atoms with Gasteiger partial charge in [0.2, 0.25) is 0 Å². The zero-order valence-electron chi connectivity index (χ0n) is 4.20. The largest absolute Gasteiger partial charge is 0.699 e. The molecule has 46 valence electrons. The third-order valence-electron chi connectivity index (χ3n) is 0.774. The molecule has 0 aliphatic carbocycles. The van der Waals surface area contributed by atoms with Crippen LogP contribution in [0.25, 0.3) is 5.73 Å². The Morgan fingerprint density at radius 2 is 1.50 bits per heavy atom. The van der Waals surface area contributed by atoms with Crippen LogP contribution < -0.4 is 0 Å². The van der Waals surface area contributed by atoms with E-state index in [0.29, 0.717) is 5.69 Å². The summed E-state index contributed by atoms with van der Waals surface area (Å²) < 4.78 is 0. The van der Waals surface area contributed by atoms with E-state index in [0.717, 1.165) is 0 Å². The van der Waals surface area contributed by atoms with Gasteiger partial charge in [0.05, 0.1) is 0 Å². The van der Waals surface area contributed by atoms with E-state index in [1.165, 1.54) is 0 Å². The van der Waals surface area contributed by atoms with E-state index in [-0.39, 0.29) is 20.4 Å². The first-order valence-corrected chi connectivity index (χ1v) is 2.16. The van der Waals surface area contributed by atoms with Crippen LogP contribution in [0.3, 0.4) is 0 Å². The Morgan fingerprint density at radius 1 is 1.00 bits per heavy atom. The first-order valence-electron chi connectivity index (χ1n) is 2.16. The van der Waals surface area contributed by atoms with Gasteiger partial charge in [-0.05, 0) is 0 Å². The van der Waals surface area contributed by atoms with Gasteiger partial charge in [-0.2, -0.15) is 0 Å². The fourth-order valence-electron chi connectivity index (χ4n) is 0.438. The Balaban J connectivity index is 0.000000490. The van der Waals surface area contributed by atoms with Gasteiger partial charge in [-0.3, -0.25) is 0 Å². The van der Waals surface area contributed by atoms with Gasteiger partial charge in [0.25, 0.3) is 0 Å². The zero-order chi connectivity index (χ0) is 5.11. The predicted molar refractivity (Wildman–Crippen MR) is 30.4 cm³/mol. The molecule has 0 heterocycles. The van der Waals surface area contributed by atoms with Crippen molar-refractivity contribution in [1.29, 1.82) is 0 Å². The van der Waals surface area contributed by atoms with E-state index in [1.54, 1.807) is 12.1 Å². The molecule has 0 fully saturated rings. The Bertz CT molecular complexity index is 138. The van der Waals surface area contributed by atoms with E-state index >= 15 is 0 Å². The number of hydrogen-bond acceptors (Lipinski definition) is 0. The summed E-state index contributed by atoms with van der Waals surface area (Å²) in [5.41, 5.74) is 7.57. The number of benzene rings is 1. The van der Waals surface area contributed by atoms with Crippen molar-refractivity contribution in [3.05, 3.63) is 36.1 Å². The van der Waals surface area contributed by atoms with Crippen LogP contribution in [-0.4, -0.2) is 0 Å². The van der Waals surface area contributed by atoms with E-state index in [4.69, 9.17) is 5.73 Å². The molecule has 2 heteroatoms. The summed E-state index contributed by atoms with van der Waals surface area (Å²) in [5.74, 6) is 0. The molecule has 0 aromatic heterocycles. The minimum Gasteiger partial charge on any atom is -0.699 e. The molecule has 0 spiro atoms. The van der Waals surface area contributed by atoms with Crippen molar-refractivity contribution in [2.24, 2.45) is 0 Å². The summed E-state index contributed by atoms with van der Waals surface area (Å²) in [6.07, 6.45) is 0. The molecule has 8 heavy (non-hydrogen) atoms. The first kappa shape index (κ1) is 7.68. The molecule has 1 rings (SSSR count). The van der Waals surface area contributed by atoms with Crippen molar-refractivity contribution >= 4 is 5.69 Å². The molecule has 0 aliphatic heterocycles. The fraction of sp³-hybridized carbons (Fsp3) is 0. The first-order chi connectivity index (χ1) is 3.39. The monoisotopic (exact) mass is 198 g/mol. The summed E-state index contributed by atoms with van der Waals surface area (Å²) in [6.45, 7) is 0. The van der Waals surface area contributed by atoms with Gasteiger partial charge in [-0.1, -0.05) is 30.3 Å². The van der Waals surface area contributed by atoms with E-state index in [2.05, 4.69) is 0 Å². The second-order valence-electron chi connectivity index (χ2n) is 1.37. The summed E-state index contributed by atoms with van der Waals surface area (Å²) in [6, 6.07) is 9.10. The summed E-state index contributed by atoms with van der Waals surface area (Å²) >= 11 is 0. The van der Waals surface area contributed by atoms with Crippen molar-refractivity contribution in [1.82, 2.24) is 0 Å². The predicted octanol–water partition coefficient (Wildman–Crippen LogP) is 2.37.